The lowest BCUT2D eigenvalue weighted by Crippen LogP contribution is -2.10. The number of hydrogen-bond donors (Lipinski definition) is 0. The second-order valence-electron chi connectivity index (χ2n) is 7.79. The summed E-state index contributed by atoms with van der Waals surface area (Å²) in [6.45, 7) is 0.211. The molecule has 0 saturated heterocycles. The first-order valence-electron chi connectivity index (χ1n) is 11.3. The summed E-state index contributed by atoms with van der Waals surface area (Å²) in [5.74, 6) is -0.364. The zero-order valence-corrected chi connectivity index (χ0v) is 19.4. The first kappa shape index (κ1) is 26.5. The lowest BCUT2D eigenvalue weighted by molar-refractivity contribution is -0.138. The van der Waals surface area contributed by atoms with Crippen LogP contribution in [0.1, 0.15) is 34.3 Å². The molecule has 0 radical (unpaired) electrons. The van der Waals surface area contributed by atoms with E-state index in [1.54, 1.807) is 30.3 Å². The number of rotatable bonds is 11. The van der Waals surface area contributed by atoms with Gasteiger partial charge >= 0.3 is 18.1 Å². The lowest BCUT2D eigenvalue weighted by Gasteiger charge is -2.09. The van der Waals surface area contributed by atoms with Crippen molar-refractivity contribution in [2.24, 2.45) is 0 Å². The summed E-state index contributed by atoms with van der Waals surface area (Å²) in [7, 11) is 0. The second kappa shape index (κ2) is 13.1. The first-order valence-corrected chi connectivity index (χ1v) is 11.3. The van der Waals surface area contributed by atoms with Crippen molar-refractivity contribution in [2.45, 2.75) is 25.4 Å². The van der Waals surface area contributed by atoms with Crippen LogP contribution < -0.4 is 9.47 Å². The van der Waals surface area contributed by atoms with Crippen molar-refractivity contribution >= 4 is 18.0 Å². The fourth-order valence-corrected chi connectivity index (χ4v) is 3.09. The van der Waals surface area contributed by atoms with Crippen LogP contribution in [0.4, 0.5) is 13.2 Å². The average Bonchev–Trinajstić information content (AvgIpc) is 2.86. The normalized spacial score (nSPS) is 11.3. The van der Waals surface area contributed by atoms with Gasteiger partial charge in [-0.1, -0.05) is 42.5 Å². The Labute approximate surface area is 207 Å². The molecule has 188 valence electrons. The average molecular weight is 498 g/mol. The van der Waals surface area contributed by atoms with Crippen LogP contribution in [0.15, 0.2) is 84.9 Å². The molecule has 3 rings (SSSR count). The minimum absolute atomic E-state index is 0.0739. The summed E-state index contributed by atoms with van der Waals surface area (Å²) in [6, 6.07) is 22.2. The number of esters is 2. The summed E-state index contributed by atoms with van der Waals surface area (Å²) in [5.41, 5.74) is 2.07. The molecule has 0 aliphatic rings. The summed E-state index contributed by atoms with van der Waals surface area (Å²) < 4.78 is 52.3. The van der Waals surface area contributed by atoms with Crippen LogP contribution in [-0.2, 0) is 16.0 Å². The number of alkyl halides is 3. The van der Waals surface area contributed by atoms with E-state index >= 15 is 0 Å². The largest absolute Gasteiger partial charge is 0.494 e. The van der Waals surface area contributed by atoms with Gasteiger partial charge in [-0.3, -0.25) is 0 Å². The Kier molecular flexibility index (Phi) is 9.68. The van der Waals surface area contributed by atoms with Crippen molar-refractivity contribution in [1.82, 2.24) is 0 Å². The number of carbonyl (C=O) groups excluding carboxylic acids is 2. The van der Waals surface area contributed by atoms with Crippen molar-refractivity contribution in [2.75, 3.05) is 13.2 Å². The van der Waals surface area contributed by atoms with Crippen LogP contribution in [0.5, 0.6) is 11.5 Å². The van der Waals surface area contributed by atoms with Gasteiger partial charge in [0.15, 0.2) is 0 Å². The van der Waals surface area contributed by atoms with Crippen LogP contribution in [0.3, 0.4) is 0 Å². The number of ether oxygens (including phenoxy) is 3. The lowest BCUT2D eigenvalue weighted by atomic mass is 10.2. The summed E-state index contributed by atoms with van der Waals surface area (Å²) in [5, 5.41) is 0. The van der Waals surface area contributed by atoms with E-state index in [1.807, 2.05) is 30.3 Å². The minimum atomic E-state index is -4.21. The van der Waals surface area contributed by atoms with E-state index in [1.165, 1.54) is 30.3 Å². The van der Waals surface area contributed by atoms with Crippen molar-refractivity contribution in [3.8, 4) is 11.5 Å². The monoisotopic (exact) mass is 498 g/mol. The molecule has 0 fully saturated rings. The molecule has 0 spiro atoms. The van der Waals surface area contributed by atoms with Crippen LogP contribution in [0, 0.1) is 0 Å². The SMILES string of the molecule is O=C(/C=C/c1ccc(OC(=O)c2ccc(OCCCC(F)(F)F)cc2)cc1)OCCc1ccccc1. The van der Waals surface area contributed by atoms with Crippen LogP contribution in [0.2, 0.25) is 0 Å². The number of hydrogen-bond acceptors (Lipinski definition) is 5. The van der Waals surface area contributed by atoms with E-state index in [4.69, 9.17) is 14.2 Å². The molecular formula is C28H25F3O5. The van der Waals surface area contributed by atoms with E-state index in [0.29, 0.717) is 17.9 Å². The smallest absolute Gasteiger partial charge is 0.389 e. The molecule has 8 heteroatoms. The summed E-state index contributed by atoms with van der Waals surface area (Å²) in [6.07, 6.45) is -1.69. The topological polar surface area (TPSA) is 61.8 Å². The standard InChI is InChI=1S/C28H25F3O5/c29-28(30,31)18-4-19-34-24-14-10-23(11-15-24)27(33)36-25-12-7-22(8-13-25)9-16-26(32)35-20-17-21-5-2-1-3-6-21/h1-3,5-16H,4,17-20H2/b16-9+. The van der Waals surface area contributed by atoms with Crippen molar-refractivity contribution < 1.29 is 37.0 Å². The Morgan fingerprint density at radius 2 is 1.47 bits per heavy atom. The van der Waals surface area contributed by atoms with Crippen LogP contribution >= 0.6 is 0 Å². The predicted molar refractivity (Wildman–Crippen MR) is 129 cm³/mol. The summed E-state index contributed by atoms with van der Waals surface area (Å²) >= 11 is 0. The van der Waals surface area contributed by atoms with Gasteiger partial charge in [-0.05, 0) is 60.0 Å². The Morgan fingerprint density at radius 1 is 0.806 bits per heavy atom. The molecule has 5 nitrogen and oxygen atoms in total. The molecule has 3 aromatic carbocycles. The molecule has 0 amide bonds. The Hall–Kier alpha value is -4.07. The van der Waals surface area contributed by atoms with E-state index in [9.17, 15) is 22.8 Å². The molecule has 0 aromatic heterocycles. The molecule has 0 heterocycles. The highest BCUT2D eigenvalue weighted by atomic mass is 19.4. The first-order chi connectivity index (χ1) is 17.3. The minimum Gasteiger partial charge on any atom is -0.494 e. The number of carbonyl (C=O) groups is 2. The van der Waals surface area contributed by atoms with Gasteiger partial charge in [-0.2, -0.15) is 13.2 Å². The molecular weight excluding hydrogens is 473 g/mol. The fraction of sp³-hybridized carbons (Fsp3) is 0.214. The maximum atomic E-state index is 12.3. The van der Waals surface area contributed by atoms with Crippen molar-refractivity contribution in [3.63, 3.8) is 0 Å². The third-order valence-corrected chi connectivity index (χ3v) is 4.94. The van der Waals surface area contributed by atoms with Gasteiger partial charge in [0.2, 0.25) is 0 Å². The molecule has 0 unspecified atom stereocenters. The third kappa shape index (κ3) is 9.66. The van der Waals surface area contributed by atoms with E-state index in [2.05, 4.69) is 0 Å². The molecule has 0 N–H and O–H groups in total. The van der Waals surface area contributed by atoms with E-state index in [0.717, 1.165) is 11.1 Å². The Morgan fingerprint density at radius 3 is 2.14 bits per heavy atom. The summed E-state index contributed by atoms with van der Waals surface area (Å²) in [4.78, 5) is 24.2. The third-order valence-electron chi connectivity index (χ3n) is 4.94. The van der Waals surface area contributed by atoms with E-state index < -0.39 is 24.5 Å². The molecule has 3 aromatic rings. The molecule has 36 heavy (non-hydrogen) atoms. The van der Waals surface area contributed by atoms with Gasteiger partial charge in [0.1, 0.15) is 11.5 Å². The van der Waals surface area contributed by atoms with Gasteiger partial charge in [0, 0.05) is 18.9 Å². The van der Waals surface area contributed by atoms with Gasteiger partial charge in [0.25, 0.3) is 0 Å². The highest BCUT2D eigenvalue weighted by molar-refractivity contribution is 5.91. The van der Waals surface area contributed by atoms with Gasteiger partial charge < -0.3 is 14.2 Å². The quantitative estimate of drug-likeness (QED) is 0.132. The van der Waals surface area contributed by atoms with Crippen LogP contribution in [-0.4, -0.2) is 31.3 Å². The Balaban J connectivity index is 1.41. The molecule has 0 bridgehead atoms. The number of benzene rings is 3. The second-order valence-corrected chi connectivity index (χ2v) is 7.79. The van der Waals surface area contributed by atoms with Crippen LogP contribution in [0.25, 0.3) is 6.08 Å². The van der Waals surface area contributed by atoms with Gasteiger partial charge in [0.05, 0.1) is 18.8 Å². The predicted octanol–water partition coefficient (Wildman–Crippen LogP) is 6.43. The van der Waals surface area contributed by atoms with Crippen molar-refractivity contribution in [1.29, 1.82) is 0 Å². The highest BCUT2D eigenvalue weighted by Crippen LogP contribution is 2.22. The molecule has 0 atom stereocenters. The molecule has 0 aliphatic heterocycles. The zero-order valence-electron chi connectivity index (χ0n) is 19.4. The Bertz CT molecular complexity index is 1140. The highest BCUT2D eigenvalue weighted by Gasteiger charge is 2.26. The fourth-order valence-electron chi connectivity index (χ4n) is 3.09. The van der Waals surface area contributed by atoms with Gasteiger partial charge in [-0.15, -0.1) is 0 Å². The maximum absolute atomic E-state index is 12.3. The maximum Gasteiger partial charge on any atom is 0.389 e. The zero-order chi connectivity index (χ0) is 25.8. The van der Waals surface area contributed by atoms with E-state index in [-0.39, 0.29) is 25.2 Å². The van der Waals surface area contributed by atoms with Gasteiger partial charge in [-0.25, -0.2) is 9.59 Å². The molecule has 0 aliphatic carbocycles. The van der Waals surface area contributed by atoms with Crippen molar-refractivity contribution in [3.05, 3.63) is 102 Å². The molecule has 0 saturated carbocycles. The number of halogens is 3.